The van der Waals surface area contributed by atoms with Crippen molar-refractivity contribution >= 4 is 28.3 Å². The van der Waals surface area contributed by atoms with Crippen LogP contribution in [0.25, 0.3) is 22.3 Å². The van der Waals surface area contributed by atoms with Crippen LogP contribution < -0.4 is 16.9 Å². The maximum Gasteiger partial charge on any atom is 0.368 e. The second kappa shape index (κ2) is 9.96. The summed E-state index contributed by atoms with van der Waals surface area (Å²) in [7, 11) is 0. The molecule has 37 heavy (non-hydrogen) atoms. The molecule has 0 saturated carbocycles. The number of imidazole rings is 2. The molecular formula is C20H24N8O9. The molecule has 198 valence electrons. The van der Waals surface area contributed by atoms with E-state index in [1.54, 1.807) is 10.9 Å². The SMILES string of the molecule is Nc1nc2c(ncn2[C@@H]2O[C@H](CO)[C@@H](O)[C@H]2O)c(=O)o1.O=c1[nH]cnc2c1ncn2[C@H]1CC[C@@H](CO)O1. The Labute approximate surface area is 205 Å². The van der Waals surface area contributed by atoms with Crippen LogP contribution in [0.5, 0.6) is 0 Å². The van der Waals surface area contributed by atoms with Crippen LogP contribution >= 0.6 is 0 Å². The van der Waals surface area contributed by atoms with Gasteiger partial charge < -0.3 is 45.0 Å². The van der Waals surface area contributed by atoms with E-state index in [4.69, 9.17) is 25.4 Å². The zero-order valence-electron chi connectivity index (χ0n) is 19.1. The first-order valence-electron chi connectivity index (χ1n) is 11.2. The molecule has 17 nitrogen and oxygen atoms in total. The minimum Gasteiger partial charge on any atom is -0.394 e. The van der Waals surface area contributed by atoms with Gasteiger partial charge in [0.2, 0.25) is 0 Å². The summed E-state index contributed by atoms with van der Waals surface area (Å²) >= 11 is 0. The number of nitrogens with one attached hydrogen (secondary N) is 1. The van der Waals surface area contributed by atoms with Crippen molar-refractivity contribution in [1.29, 1.82) is 0 Å². The van der Waals surface area contributed by atoms with Gasteiger partial charge >= 0.3 is 5.63 Å². The number of nitrogens with zero attached hydrogens (tertiary/aromatic N) is 6. The molecule has 0 bridgehead atoms. The minimum atomic E-state index is -1.31. The number of H-pyrrole nitrogens is 1. The van der Waals surface area contributed by atoms with Crippen molar-refractivity contribution in [3.05, 3.63) is 39.8 Å². The van der Waals surface area contributed by atoms with E-state index in [1.807, 2.05) is 0 Å². The summed E-state index contributed by atoms with van der Waals surface area (Å²) in [5.41, 5.74) is 5.14. The van der Waals surface area contributed by atoms with Gasteiger partial charge in [-0.15, -0.1) is 0 Å². The first kappa shape index (κ1) is 24.9. The summed E-state index contributed by atoms with van der Waals surface area (Å²) in [5, 5.41) is 37.7. The predicted octanol–water partition coefficient (Wildman–Crippen LogP) is -2.63. The van der Waals surface area contributed by atoms with Crippen molar-refractivity contribution < 1.29 is 34.3 Å². The number of anilines is 1. The first-order valence-corrected chi connectivity index (χ1v) is 11.2. The summed E-state index contributed by atoms with van der Waals surface area (Å²) < 4.78 is 18.5. The molecule has 4 aromatic rings. The lowest BCUT2D eigenvalue weighted by Crippen LogP contribution is -2.33. The number of aliphatic hydroxyl groups is 4. The lowest BCUT2D eigenvalue weighted by molar-refractivity contribution is -0.0511. The molecule has 0 aliphatic carbocycles. The van der Waals surface area contributed by atoms with Crippen molar-refractivity contribution in [3.63, 3.8) is 0 Å². The molecule has 6 atom stereocenters. The Morgan fingerprint density at radius 2 is 1.73 bits per heavy atom. The number of rotatable bonds is 4. The average molecular weight is 520 g/mol. The molecule has 2 saturated heterocycles. The molecule has 2 aliphatic heterocycles. The standard InChI is InChI=1S/C10H12N4O6.C10H12N4O3/c11-10-13-7-4(9(18)20-10)12-2-14(7)8-6(17)5(16)3(1-15)19-8;15-3-6-1-2-7(17-6)14-5-13-8-9(14)11-4-12-10(8)16/h2-3,5-6,8,15-17H,1H2,(H2,11,13);4-7,15H,1-3H2,(H,11,12,16)/t3-,5-,6-,8-;6-,7+/m10/s1. The molecule has 7 N–H and O–H groups in total. The number of nitrogen functional groups attached to an aromatic ring is 1. The van der Waals surface area contributed by atoms with Crippen LogP contribution in [0.3, 0.4) is 0 Å². The first-order chi connectivity index (χ1) is 17.8. The Bertz CT molecular complexity index is 1510. The third-order valence-electron chi connectivity index (χ3n) is 6.13. The Morgan fingerprint density at radius 3 is 2.43 bits per heavy atom. The molecule has 4 aromatic heterocycles. The number of aromatic amines is 1. The summed E-state index contributed by atoms with van der Waals surface area (Å²) in [6, 6.07) is -0.351. The van der Waals surface area contributed by atoms with E-state index in [9.17, 15) is 19.8 Å². The second-order valence-corrected chi connectivity index (χ2v) is 8.42. The normalized spacial score (nSPS) is 27.6. The van der Waals surface area contributed by atoms with Gasteiger partial charge in [0.1, 0.15) is 24.5 Å². The van der Waals surface area contributed by atoms with Crippen LogP contribution in [0.15, 0.2) is 33.0 Å². The summed E-state index contributed by atoms with van der Waals surface area (Å²) in [4.78, 5) is 41.3. The zero-order chi connectivity index (χ0) is 26.3. The summed E-state index contributed by atoms with van der Waals surface area (Å²) in [6.45, 7) is -0.448. The molecule has 0 spiro atoms. The number of aromatic nitrogens is 7. The molecule has 2 fully saturated rings. The number of nitrogens with two attached hydrogens (primary N) is 1. The van der Waals surface area contributed by atoms with E-state index in [-0.39, 0.29) is 41.7 Å². The van der Waals surface area contributed by atoms with Crippen LogP contribution in [0, 0.1) is 0 Å². The number of fused-ring (bicyclic) bond motifs is 2. The molecule has 17 heteroatoms. The van der Waals surface area contributed by atoms with Crippen molar-refractivity contribution in [2.24, 2.45) is 0 Å². The van der Waals surface area contributed by atoms with Gasteiger partial charge in [-0.25, -0.2) is 19.7 Å². The molecular weight excluding hydrogens is 496 g/mol. The molecule has 6 heterocycles. The highest BCUT2D eigenvalue weighted by Gasteiger charge is 2.44. The van der Waals surface area contributed by atoms with Crippen molar-refractivity contribution in [2.75, 3.05) is 18.9 Å². The second-order valence-electron chi connectivity index (χ2n) is 8.42. The number of aliphatic hydroxyl groups excluding tert-OH is 4. The van der Waals surface area contributed by atoms with Gasteiger partial charge in [-0.3, -0.25) is 13.9 Å². The fourth-order valence-electron chi connectivity index (χ4n) is 4.28. The van der Waals surface area contributed by atoms with E-state index >= 15 is 0 Å². The molecule has 6 rings (SSSR count). The van der Waals surface area contributed by atoms with Crippen molar-refractivity contribution in [3.8, 4) is 0 Å². The van der Waals surface area contributed by atoms with Crippen LogP contribution in [-0.4, -0.2) is 92.1 Å². The largest absolute Gasteiger partial charge is 0.394 e. The highest BCUT2D eigenvalue weighted by Crippen LogP contribution is 2.31. The van der Waals surface area contributed by atoms with E-state index < -0.39 is 36.8 Å². The van der Waals surface area contributed by atoms with Crippen LogP contribution in [0.2, 0.25) is 0 Å². The van der Waals surface area contributed by atoms with Crippen molar-refractivity contribution in [1.82, 2.24) is 34.1 Å². The average Bonchev–Trinajstić information content (AvgIpc) is 3.66. The quantitative estimate of drug-likeness (QED) is 0.161. The van der Waals surface area contributed by atoms with Gasteiger partial charge in [-0.05, 0) is 12.8 Å². The fraction of sp³-hybridized carbons (Fsp3) is 0.500. The number of hydrogen-bond acceptors (Lipinski definition) is 14. The Kier molecular flexibility index (Phi) is 6.71. The Balaban J connectivity index is 0.000000153. The van der Waals surface area contributed by atoms with E-state index in [0.717, 1.165) is 12.8 Å². The maximum absolute atomic E-state index is 11.5. The van der Waals surface area contributed by atoms with Crippen molar-refractivity contribution in [2.45, 2.75) is 49.7 Å². The van der Waals surface area contributed by atoms with Crippen LogP contribution in [0.1, 0.15) is 25.3 Å². The predicted molar refractivity (Wildman–Crippen MR) is 122 cm³/mol. The number of ether oxygens (including phenoxy) is 2. The molecule has 0 unspecified atom stereocenters. The van der Waals surface area contributed by atoms with Gasteiger partial charge in [0.25, 0.3) is 11.6 Å². The topological polar surface area (TPSA) is 250 Å². The lowest BCUT2D eigenvalue weighted by Gasteiger charge is -2.16. The fourth-order valence-corrected chi connectivity index (χ4v) is 4.28. The Morgan fingerprint density at radius 1 is 0.973 bits per heavy atom. The Hall–Kier alpha value is -3.74. The smallest absolute Gasteiger partial charge is 0.368 e. The highest BCUT2D eigenvalue weighted by atomic mass is 16.6. The lowest BCUT2D eigenvalue weighted by atomic mass is 10.1. The maximum atomic E-state index is 11.5. The number of hydrogen-bond donors (Lipinski definition) is 6. The van der Waals surface area contributed by atoms with Gasteiger partial charge in [0.15, 0.2) is 28.6 Å². The molecule has 0 aromatic carbocycles. The summed E-state index contributed by atoms with van der Waals surface area (Å²) in [5.74, 6) is 0. The van der Waals surface area contributed by atoms with Crippen LogP contribution in [-0.2, 0) is 9.47 Å². The minimum absolute atomic E-state index is 0.0111. The van der Waals surface area contributed by atoms with Gasteiger partial charge in [0, 0.05) is 0 Å². The summed E-state index contributed by atoms with van der Waals surface area (Å²) in [6.07, 6.45) is 0.804. The van der Waals surface area contributed by atoms with Gasteiger partial charge in [-0.1, -0.05) is 0 Å². The third-order valence-corrected chi connectivity index (χ3v) is 6.13. The van der Waals surface area contributed by atoms with E-state index in [0.29, 0.717) is 11.2 Å². The highest BCUT2D eigenvalue weighted by molar-refractivity contribution is 5.70. The third kappa shape index (κ3) is 4.47. The zero-order valence-corrected chi connectivity index (χ0v) is 19.1. The molecule has 0 radical (unpaired) electrons. The van der Waals surface area contributed by atoms with E-state index in [1.165, 1.54) is 17.2 Å². The van der Waals surface area contributed by atoms with Gasteiger partial charge in [0.05, 0.1) is 38.3 Å². The molecule has 2 aliphatic rings. The van der Waals surface area contributed by atoms with Crippen LogP contribution in [0.4, 0.5) is 6.01 Å². The monoisotopic (exact) mass is 520 g/mol. The molecule has 0 amide bonds. The van der Waals surface area contributed by atoms with Gasteiger partial charge in [-0.2, -0.15) is 4.98 Å². The van der Waals surface area contributed by atoms with E-state index in [2.05, 4.69) is 29.3 Å².